The molecule has 0 N–H and O–H groups in total. The molecule has 5 heteroatoms. The number of carbonyl (C=O) groups is 2. The Morgan fingerprint density at radius 3 is 2.33 bits per heavy atom. The van der Waals surface area contributed by atoms with E-state index in [9.17, 15) is 9.59 Å². The van der Waals surface area contributed by atoms with E-state index in [1.165, 1.54) is 0 Å². The van der Waals surface area contributed by atoms with E-state index >= 15 is 0 Å². The van der Waals surface area contributed by atoms with E-state index in [0.29, 0.717) is 24.8 Å². The molecule has 2 rings (SSSR count). The van der Waals surface area contributed by atoms with E-state index in [1.807, 2.05) is 31.2 Å². The van der Waals surface area contributed by atoms with Gasteiger partial charge in [0.1, 0.15) is 0 Å². The van der Waals surface area contributed by atoms with E-state index in [0.717, 1.165) is 10.0 Å². The highest BCUT2D eigenvalue weighted by Crippen LogP contribution is 2.19. The van der Waals surface area contributed by atoms with Crippen molar-refractivity contribution < 1.29 is 9.59 Å². The highest BCUT2D eigenvalue weighted by Gasteiger charge is 2.17. The minimum absolute atomic E-state index is 0.0114. The van der Waals surface area contributed by atoms with Gasteiger partial charge in [-0.25, -0.2) is 0 Å². The first-order valence-electron chi connectivity index (χ1n) is 7.93. The van der Waals surface area contributed by atoms with Crippen molar-refractivity contribution in [3.05, 3.63) is 64.4 Å². The lowest BCUT2D eigenvalue weighted by molar-refractivity contribution is -0.131. The number of rotatable bonds is 7. The molecule has 4 nitrogen and oxygen atoms in total. The molecule has 1 atom stereocenters. The Labute approximate surface area is 151 Å². The van der Waals surface area contributed by atoms with Gasteiger partial charge < -0.3 is 4.90 Å². The summed E-state index contributed by atoms with van der Waals surface area (Å²) in [7, 11) is 1.80. The number of halogens is 1. The molecular formula is C19H21BrN2O2. The van der Waals surface area contributed by atoms with Crippen molar-refractivity contribution in [3.8, 4) is 0 Å². The minimum atomic E-state index is -0.0114. The van der Waals surface area contributed by atoms with E-state index in [1.54, 1.807) is 36.5 Å². The molecule has 126 valence electrons. The maximum Gasteiger partial charge on any atom is 0.222 e. The van der Waals surface area contributed by atoms with E-state index < -0.39 is 0 Å². The van der Waals surface area contributed by atoms with E-state index in [-0.39, 0.29) is 17.7 Å². The quantitative estimate of drug-likeness (QED) is 0.659. The lowest BCUT2D eigenvalue weighted by Gasteiger charge is -2.25. The number of nitrogens with zero attached hydrogens (tertiary/aromatic N) is 2. The number of benzene rings is 1. The molecule has 1 aromatic carbocycles. The van der Waals surface area contributed by atoms with E-state index in [4.69, 9.17) is 0 Å². The van der Waals surface area contributed by atoms with Gasteiger partial charge in [0.15, 0.2) is 5.78 Å². The molecule has 0 radical (unpaired) electrons. The van der Waals surface area contributed by atoms with Crippen molar-refractivity contribution in [3.63, 3.8) is 0 Å². The number of pyridine rings is 1. The Morgan fingerprint density at radius 2 is 1.71 bits per heavy atom. The largest absolute Gasteiger partial charge is 0.339 e. The predicted molar refractivity (Wildman–Crippen MR) is 97.7 cm³/mol. The first-order chi connectivity index (χ1) is 11.5. The van der Waals surface area contributed by atoms with Crippen molar-refractivity contribution in [2.45, 2.75) is 32.2 Å². The van der Waals surface area contributed by atoms with Gasteiger partial charge in [-0.05, 0) is 43.2 Å². The third-order valence-electron chi connectivity index (χ3n) is 4.12. The highest BCUT2D eigenvalue weighted by molar-refractivity contribution is 9.10. The molecule has 0 saturated heterocycles. The molecule has 1 unspecified atom stereocenters. The monoisotopic (exact) mass is 388 g/mol. The molecule has 2 aromatic rings. The Morgan fingerprint density at radius 1 is 1.08 bits per heavy atom. The molecule has 0 saturated carbocycles. The number of ketones is 1. The van der Waals surface area contributed by atoms with Crippen LogP contribution >= 0.6 is 15.9 Å². The highest BCUT2D eigenvalue weighted by atomic mass is 79.9. The smallest absolute Gasteiger partial charge is 0.222 e. The number of aromatic nitrogens is 1. The van der Waals surface area contributed by atoms with Crippen LogP contribution in [-0.2, 0) is 4.79 Å². The fourth-order valence-corrected chi connectivity index (χ4v) is 2.70. The van der Waals surface area contributed by atoms with Gasteiger partial charge in [0, 0.05) is 42.3 Å². The average molecular weight is 389 g/mol. The van der Waals surface area contributed by atoms with Gasteiger partial charge >= 0.3 is 0 Å². The summed E-state index contributed by atoms with van der Waals surface area (Å²) < 4.78 is 0.945. The fraction of sp³-hybridized carbons (Fsp3) is 0.316. The van der Waals surface area contributed by atoms with Crippen LogP contribution in [0.3, 0.4) is 0 Å². The van der Waals surface area contributed by atoms with Gasteiger partial charge in [0.2, 0.25) is 5.91 Å². The summed E-state index contributed by atoms with van der Waals surface area (Å²) in [5.41, 5.74) is 1.73. The number of amides is 1. The minimum Gasteiger partial charge on any atom is -0.339 e. The molecule has 1 heterocycles. The van der Waals surface area contributed by atoms with Gasteiger partial charge in [-0.3, -0.25) is 14.6 Å². The lowest BCUT2D eigenvalue weighted by Crippen LogP contribution is -2.29. The van der Waals surface area contributed by atoms with Gasteiger partial charge in [-0.2, -0.15) is 0 Å². The predicted octanol–water partition coefficient (Wildman–Crippen LogP) is 4.42. The second-order valence-electron chi connectivity index (χ2n) is 5.74. The summed E-state index contributed by atoms with van der Waals surface area (Å²) in [5, 5.41) is 0. The molecule has 24 heavy (non-hydrogen) atoms. The summed E-state index contributed by atoms with van der Waals surface area (Å²) in [4.78, 5) is 30.1. The van der Waals surface area contributed by atoms with Crippen molar-refractivity contribution in [1.29, 1.82) is 0 Å². The number of Topliss-reactive ketones (excluding diaryl/α,β-unsaturated/α-hetero) is 1. The molecule has 1 amide bonds. The average Bonchev–Trinajstić information content (AvgIpc) is 2.61. The van der Waals surface area contributed by atoms with Crippen LogP contribution < -0.4 is 0 Å². The Kier molecular flexibility index (Phi) is 6.67. The fourth-order valence-electron chi connectivity index (χ4n) is 2.44. The summed E-state index contributed by atoms with van der Waals surface area (Å²) >= 11 is 3.35. The standard InChI is InChI=1S/C19H21BrN2O2/c1-14(15-10-12-21-13-11-15)22(2)19(24)5-3-4-18(23)16-6-8-17(20)9-7-16/h6-14H,3-5H2,1-2H3. The maximum atomic E-state index is 12.3. The van der Waals surface area contributed by atoms with Crippen LogP contribution in [0.5, 0.6) is 0 Å². The van der Waals surface area contributed by atoms with Crippen LogP contribution in [0.1, 0.15) is 48.1 Å². The number of hydrogen-bond donors (Lipinski definition) is 0. The normalized spacial score (nSPS) is 11.8. The molecule has 0 aliphatic heterocycles. The zero-order valence-corrected chi connectivity index (χ0v) is 15.5. The maximum absolute atomic E-state index is 12.3. The first-order valence-corrected chi connectivity index (χ1v) is 8.72. The van der Waals surface area contributed by atoms with Crippen LogP contribution in [0.15, 0.2) is 53.3 Å². The van der Waals surface area contributed by atoms with E-state index in [2.05, 4.69) is 20.9 Å². The Balaban J connectivity index is 1.82. The molecule has 0 bridgehead atoms. The van der Waals surface area contributed by atoms with Crippen molar-refractivity contribution in [1.82, 2.24) is 9.88 Å². The van der Waals surface area contributed by atoms with Gasteiger partial charge in [0.25, 0.3) is 0 Å². The summed E-state index contributed by atoms with van der Waals surface area (Å²) in [5.74, 6) is 0.114. The van der Waals surface area contributed by atoms with Crippen LogP contribution in [0.25, 0.3) is 0 Å². The van der Waals surface area contributed by atoms with Crippen LogP contribution in [0, 0.1) is 0 Å². The number of carbonyl (C=O) groups excluding carboxylic acids is 2. The molecule has 0 aliphatic carbocycles. The van der Waals surface area contributed by atoms with Crippen molar-refractivity contribution in [2.24, 2.45) is 0 Å². The second-order valence-corrected chi connectivity index (χ2v) is 6.66. The SMILES string of the molecule is CC(c1ccncc1)N(C)C(=O)CCCC(=O)c1ccc(Br)cc1. The summed E-state index contributed by atoms with van der Waals surface area (Å²) in [6.07, 6.45) is 4.75. The molecule has 1 aromatic heterocycles. The molecule has 0 aliphatic rings. The lowest BCUT2D eigenvalue weighted by atomic mass is 10.0. The summed E-state index contributed by atoms with van der Waals surface area (Å²) in [6.45, 7) is 1.99. The van der Waals surface area contributed by atoms with Crippen LogP contribution in [0.2, 0.25) is 0 Å². The van der Waals surface area contributed by atoms with Gasteiger partial charge in [-0.15, -0.1) is 0 Å². The zero-order chi connectivity index (χ0) is 17.5. The van der Waals surface area contributed by atoms with Crippen molar-refractivity contribution in [2.75, 3.05) is 7.05 Å². The van der Waals surface area contributed by atoms with Gasteiger partial charge in [-0.1, -0.05) is 28.1 Å². The summed E-state index contributed by atoms with van der Waals surface area (Å²) in [6, 6.07) is 11.1. The molecule has 0 spiro atoms. The third-order valence-corrected chi connectivity index (χ3v) is 4.65. The van der Waals surface area contributed by atoms with Crippen LogP contribution in [-0.4, -0.2) is 28.6 Å². The zero-order valence-electron chi connectivity index (χ0n) is 13.9. The van der Waals surface area contributed by atoms with Crippen LogP contribution in [0.4, 0.5) is 0 Å². The Bertz CT molecular complexity index is 686. The third kappa shape index (κ3) is 4.99. The molecule has 0 fully saturated rings. The second kappa shape index (κ2) is 8.73. The number of hydrogen-bond acceptors (Lipinski definition) is 3. The molecular weight excluding hydrogens is 368 g/mol. The first kappa shape index (κ1) is 18.3. The van der Waals surface area contributed by atoms with Gasteiger partial charge in [0.05, 0.1) is 6.04 Å². The topological polar surface area (TPSA) is 50.3 Å². The Hall–Kier alpha value is -2.01. The van der Waals surface area contributed by atoms with Crippen molar-refractivity contribution >= 4 is 27.6 Å².